The topological polar surface area (TPSA) is 46.6 Å². The SMILES string of the molecule is CC(=O)Oc1ccccc1C(=O)N1C[C@H](C)C[C@H](C)C1. The number of rotatable bonds is 2. The van der Waals surface area contributed by atoms with Crippen LogP contribution >= 0.6 is 0 Å². The number of amides is 1. The van der Waals surface area contributed by atoms with Crippen LogP contribution in [0.2, 0.25) is 0 Å². The number of ether oxygens (including phenoxy) is 1. The second kappa shape index (κ2) is 6.07. The zero-order valence-corrected chi connectivity index (χ0v) is 12.3. The van der Waals surface area contributed by atoms with Crippen LogP contribution in [0.3, 0.4) is 0 Å². The molecule has 1 aliphatic heterocycles. The Morgan fingerprint density at radius 3 is 2.35 bits per heavy atom. The van der Waals surface area contributed by atoms with Gasteiger partial charge in [-0.2, -0.15) is 0 Å². The summed E-state index contributed by atoms with van der Waals surface area (Å²) >= 11 is 0. The molecule has 0 N–H and O–H groups in total. The molecule has 1 aromatic rings. The molecule has 4 nitrogen and oxygen atoms in total. The zero-order chi connectivity index (χ0) is 14.7. The van der Waals surface area contributed by atoms with E-state index in [4.69, 9.17) is 4.74 Å². The van der Waals surface area contributed by atoms with Crippen molar-refractivity contribution in [3.05, 3.63) is 29.8 Å². The van der Waals surface area contributed by atoms with Gasteiger partial charge in [-0.3, -0.25) is 9.59 Å². The van der Waals surface area contributed by atoms with Gasteiger partial charge in [-0.15, -0.1) is 0 Å². The third kappa shape index (κ3) is 3.38. The van der Waals surface area contributed by atoms with Gasteiger partial charge < -0.3 is 9.64 Å². The van der Waals surface area contributed by atoms with E-state index in [1.165, 1.54) is 6.92 Å². The summed E-state index contributed by atoms with van der Waals surface area (Å²) in [6.45, 7) is 7.18. The second-order valence-electron chi connectivity index (χ2n) is 5.75. The van der Waals surface area contributed by atoms with Crippen LogP contribution in [0.15, 0.2) is 24.3 Å². The molecule has 108 valence electrons. The summed E-state index contributed by atoms with van der Waals surface area (Å²) < 4.78 is 5.12. The number of esters is 1. The highest BCUT2D eigenvalue weighted by atomic mass is 16.5. The van der Waals surface area contributed by atoms with E-state index in [-0.39, 0.29) is 5.91 Å². The summed E-state index contributed by atoms with van der Waals surface area (Å²) in [5, 5.41) is 0. The van der Waals surface area contributed by atoms with Crippen molar-refractivity contribution < 1.29 is 14.3 Å². The molecule has 1 amide bonds. The molecule has 1 aliphatic rings. The van der Waals surface area contributed by atoms with E-state index in [1.807, 2.05) is 4.90 Å². The van der Waals surface area contributed by atoms with E-state index in [2.05, 4.69) is 13.8 Å². The van der Waals surface area contributed by atoms with Crippen LogP contribution in [0.4, 0.5) is 0 Å². The number of nitrogens with zero attached hydrogens (tertiary/aromatic N) is 1. The molecule has 1 fully saturated rings. The number of likely N-dealkylation sites (tertiary alicyclic amines) is 1. The monoisotopic (exact) mass is 275 g/mol. The van der Waals surface area contributed by atoms with Crippen LogP contribution in [-0.4, -0.2) is 29.9 Å². The van der Waals surface area contributed by atoms with Crippen LogP contribution in [0.25, 0.3) is 0 Å². The van der Waals surface area contributed by atoms with E-state index < -0.39 is 5.97 Å². The van der Waals surface area contributed by atoms with Crippen molar-refractivity contribution in [1.29, 1.82) is 0 Å². The molecule has 0 radical (unpaired) electrons. The lowest BCUT2D eigenvalue weighted by Crippen LogP contribution is -2.42. The molecule has 0 aliphatic carbocycles. The van der Waals surface area contributed by atoms with Gasteiger partial charge in [0.2, 0.25) is 0 Å². The summed E-state index contributed by atoms with van der Waals surface area (Å²) in [6, 6.07) is 6.92. The predicted molar refractivity (Wildman–Crippen MR) is 76.6 cm³/mol. The van der Waals surface area contributed by atoms with Crippen molar-refractivity contribution in [2.75, 3.05) is 13.1 Å². The normalized spacial score (nSPS) is 22.4. The highest BCUT2D eigenvalue weighted by Crippen LogP contribution is 2.25. The first kappa shape index (κ1) is 14.6. The lowest BCUT2D eigenvalue weighted by Gasteiger charge is -2.35. The molecule has 20 heavy (non-hydrogen) atoms. The molecule has 0 unspecified atom stereocenters. The summed E-state index contributed by atoms with van der Waals surface area (Å²) in [5.41, 5.74) is 0.462. The second-order valence-corrected chi connectivity index (χ2v) is 5.75. The fourth-order valence-electron chi connectivity index (χ4n) is 2.89. The van der Waals surface area contributed by atoms with E-state index in [9.17, 15) is 9.59 Å². The van der Waals surface area contributed by atoms with Gasteiger partial charge in [0.1, 0.15) is 5.75 Å². The molecule has 4 heteroatoms. The molecule has 1 heterocycles. The average Bonchev–Trinajstić information content (AvgIpc) is 2.36. The Bertz CT molecular complexity index is 502. The maximum Gasteiger partial charge on any atom is 0.308 e. The minimum atomic E-state index is -0.411. The smallest absolute Gasteiger partial charge is 0.308 e. The Morgan fingerprint density at radius 2 is 1.75 bits per heavy atom. The van der Waals surface area contributed by atoms with E-state index in [1.54, 1.807) is 24.3 Å². The summed E-state index contributed by atoms with van der Waals surface area (Å²) in [5.74, 6) is 0.883. The third-order valence-electron chi connectivity index (χ3n) is 3.53. The van der Waals surface area contributed by atoms with Crippen LogP contribution in [-0.2, 0) is 4.79 Å². The molecule has 2 rings (SSSR count). The first-order valence-corrected chi connectivity index (χ1v) is 7.04. The van der Waals surface area contributed by atoms with Crippen molar-refractivity contribution in [3.8, 4) is 5.75 Å². The Kier molecular flexibility index (Phi) is 4.42. The summed E-state index contributed by atoms with van der Waals surface area (Å²) in [6.07, 6.45) is 1.15. The van der Waals surface area contributed by atoms with Crippen molar-refractivity contribution >= 4 is 11.9 Å². The average molecular weight is 275 g/mol. The third-order valence-corrected chi connectivity index (χ3v) is 3.53. The Hall–Kier alpha value is -1.84. The van der Waals surface area contributed by atoms with Gasteiger partial charge in [-0.05, 0) is 30.4 Å². The zero-order valence-electron chi connectivity index (χ0n) is 12.3. The first-order valence-electron chi connectivity index (χ1n) is 7.04. The minimum absolute atomic E-state index is 0.0553. The van der Waals surface area contributed by atoms with Crippen molar-refractivity contribution in [2.24, 2.45) is 11.8 Å². The summed E-state index contributed by atoms with van der Waals surface area (Å²) in [4.78, 5) is 25.6. The van der Waals surface area contributed by atoms with Gasteiger partial charge >= 0.3 is 5.97 Å². The molecular formula is C16H21NO3. The van der Waals surface area contributed by atoms with Gasteiger partial charge in [0.05, 0.1) is 5.56 Å². The number of hydrogen-bond acceptors (Lipinski definition) is 3. The number of hydrogen-bond donors (Lipinski definition) is 0. The Labute approximate surface area is 119 Å². The number of benzene rings is 1. The quantitative estimate of drug-likeness (QED) is 0.616. The molecule has 0 bridgehead atoms. The van der Waals surface area contributed by atoms with Gasteiger partial charge in [-0.1, -0.05) is 26.0 Å². The molecule has 1 aromatic carbocycles. The van der Waals surface area contributed by atoms with Gasteiger partial charge in [0.15, 0.2) is 0 Å². The molecule has 0 saturated carbocycles. The molecule has 0 aromatic heterocycles. The first-order chi connectivity index (χ1) is 9.47. The Morgan fingerprint density at radius 1 is 1.15 bits per heavy atom. The van der Waals surface area contributed by atoms with Gasteiger partial charge in [0.25, 0.3) is 5.91 Å². The van der Waals surface area contributed by atoms with Gasteiger partial charge in [0, 0.05) is 20.0 Å². The van der Waals surface area contributed by atoms with Crippen LogP contribution in [0.1, 0.15) is 37.6 Å². The van der Waals surface area contributed by atoms with Crippen molar-refractivity contribution in [3.63, 3.8) is 0 Å². The number of carbonyl (C=O) groups is 2. The van der Waals surface area contributed by atoms with E-state index in [0.717, 1.165) is 19.5 Å². The minimum Gasteiger partial charge on any atom is -0.426 e. The van der Waals surface area contributed by atoms with Crippen molar-refractivity contribution in [1.82, 2.24) is 4.90 Å². The van der Waals surface area contributed by atoms with Crippen LogP contribution < -0.4 is 4.74 Å². The predicted octanol–water partition coefficient (Wildman–Crippen LogP) is 2.73. The van der Waals surface area contributed by atoms with Crippen LogP contribution in [0.5, 0.6) is 5.75 Å². The van der Waals surface area contributed by atoms with E-state index >= 15 is 0 Å². The molecule has 2 atom stereocenters. The van der Waals surface area contributed by atoms with Crippen molar-refractivity contribution in [2.45, 2.75) is 27.2 Å². The molecule has 1 saturated heterocycles. The lowest BCUT2D eigenvalue weighted by atomic mass is 9.91. The fourth-order valence-corrected chi connectivity index (χ4v) is 2.89. The fraction of sp³-hybridized carbons (Fsp3) is 0.500. The Balaban J connectivity index is 2.22. The number of piperidine rings is 1. The van der Waals surface area contributed by atoms with Gasteiger partial charge in [-0.25, -0.2) is 0 Å². The number of para-hydroxylation sites is 1. The highest BCUT2D eigenvalue weighted by molar-refractivity contribution is 5.97. The maximum atomic E-state index is 12.6. The number of carbonyl (C=O) groups excluding carboxylic acids is 2. The largest absolute Gasteiger partial charge is 0.426 e. The highest BCUT2D eigenvalue weighted by Gasteiger charge is 2.27. The summed E-state index contributed by atoms with van der Waals surface area (Å²) in [7, 11) is 0. The lowest BCUT2D eigenvalue weighted by molar-refractivity contribution is -0.131. The van der Waals surface area contributed by atoms with Crippen LogP contribution in [0, 0.1) is 11.8 Å². The van der Waals surface area contributed by atoms with E-state index in [0.29, 0.717) is 23.1 Å². The molecular weight excluding hydrogens is 254 g/mol. The standard InChI is InChI=1S/C16H21NO3/c1-11-8-12(2)10-17(9-11)16(19)14-6-4-5-7-15(14)20-13(3)18/h4-7,11-12H,8-10H2,1-3H3/t11-,12+. The molecule has 0 spiro atoms. The maximum absolute atomic E-state index is 12.6.